The van der Waals surface area contributed by atoms with Gasteiger partial charge in [-0.1, -0.05) is 0 Å². The lowest BCUT2D eigenvalue weighted by Gasteiger charge is -2.23. The van der Waals surface area contributed by atoms with Gasteiger partial charge in [-0.25, -0.2) is 9.37 Å². The molecule has 0 radical (unpaired) electrons. The number of nitrogens with one attached hydrogen (secondary N) is 2. The predicted molar refractivity (Wildman–Crippen MR) is 123 cm³/mol. The number of ether oxygens (including phenoxy) is 1. The average Bonchev–Trinajstić information content (AvgIpc) is 3.48. The van der Waals surface area contributed by atoms with Crippen LogP contribution in [-0.2, 0) is 7.05 Å². The van der Waals surface area contributed by atoms with Crippen molar-refractivity contribution in [3.63, 3.8) is 0 Å². The zero-order valence-electron chi connectivity index (χ0n) is 18.9. The second-order valence-electron chi connectivity index (χ2n) is 8.56. The molecule has 1 saturated heterocycles. The van der Waals surface area contributed by atoms with E-state index in [0.717, 1.165) is 4.90 Å². The van der Waals surface area contributed by atoms with Gasteiger partial charge in [0.1, 0.15) is 11.6 Å². The van der Waals surface area contributed by atoms with Crippen molar-refractivity contribution in [2.75, 3.05) is 25.0 Å². The number of hydrogen-bond acceptors (Lipinski definition) is 7. The minimum absolute atomic E-state index is 0.0222. The van der Waals surface area contributed by atoms with Crippen LogP contribution >= 0.6 is 11.9 Å². The molecule has 2 atom stereocenters. The van der Waals surface area contributed by atoms with Crippen LogP contribution in [0.1, 0.15) is 32.3 Å². The number of hydrogen-bond donors (Lipinski definition) is 2. The van der Waals surface area contributed by atoms with Crippen LogP contribution in [0, 0.1) is 25.6 Å². The highest BCUT2D eigenvalue weighted by Crippen LogP contribution is 2.37. The molecule has 34 heavy (non-hydrogen) atoms. The zero-order chi connectivity index (χ0) is 24.0. The van der Waals surface area contributed by atoms with Gasteiger partial charge in [-0.15, -0.1) is 0 Å². The molecule has 178 valence electrons. The standard InChI is InChI=1S/C23H24FN5O4S/c1-12-6-15(4-5-16(12)24)26-22(30)20-21-18(9-28(20)3)34-27-17-8-29(7-14(17)10-32-21)23(31)19-13(2)33-11-25-19/h4-6,9,11,14,17,27H,7-8,10H2,1-3H3,(H,26,30)/t14-,17+/m1/s1. The van der Waals surface area contributed by atoms with Gasteiger partial charge in [0.25, 0.3) is 11.8 Å². The quantitative estimate of drug-likeness (QED) is 0.550. The largest absolute Gasteiger partial charge is 0.489 e. The van der Waals surface area contributed by atoms with Crippen molar-refractivity contribution < 1.29 is 23.1 Å². The van der Waals surface area contributed by atoms with Gasteiger partial charge in [0.15, 0.2) is 23.5 Å². The summed E-state index contributed by atoms with van der Waals surface area (Å²) in [5, 5.41) is 2.82. The molecule has 2 N–H and O–H groups in total. The first-order valence-electron chi connectivity index (χ1n) is 10.8. The Labute approximate surface area is 199 Å². The summed E-state index contributed by atoms with van der Waals surface area (Å²) in [6, 6.07) is 4.46. The van der Waals surface area contributed by atoms with Crippen molar-refractivity contribution in [2.45, 2.75) is 24.8 Å². The van der Waals surface area contributed by atoms with Crippen LogP contribution < -0.4 is 14.8 Å². The molecule has 0 spiro atoms. The van der Waals surface area contributed by atoms with Crippen molar-refractivity contribution in [1.82, 2.24) is 19.2 Å². The summed E-state index contributed by atoms with van der Waals surface area (Å²) >= 11 is 1.38. The van der Waals surface area contributed by atoms with Crippen molar-refractivity contribution in [3.8, 4) is 5.75 Å². The van der Waals surface area contributed by atoms with E-state index in [1.807, 2.05) is 6.20 Å². The normalized spacial score (nSPS) is 19.6. The summed E-state index contributed by atoms with van der Waals surface area (Å²) in [6.45, 7) is 4.72. The Hall–Kier alpha value is -3.31. The molecule has 2 aromatic heterocycles. The second kappa shape index (κ2) is 8.80. The molecule has 0 aliphatic carbocycles. The number of carbonyl (C=O) groups excluding carboxylic acids is 2. The van der Waals surface area contributed by atoms with Crippen LogP contribution in [0.2, 0.25) is 0 Å². The van der Waals surface area contributed by atoms with Gasteiger partial charge in [0.2, 0.25) is 0 Å². The first-order valence-corrected chi connectivity index (χ1v) is 11.6. The third-order valence-electron chi connectivity index (χ3n) is 6.17. The SMILES string of the molecule is Cc1cc(NC(=O)c2c3c(cn2C)SN[C@H]2CN(C(=O)c4ncoc4C)C[C@@H]2CO3)ccc1F. The summed E-state index contributed by atoms with van der Waals surface area (Å²) in [7, 11) is 1.78. The highest BCUT2D eigenvalue weighted by molar-refractivity contribution is 7.97. The molecule has 1 fully saturated rings. The molecule has 1 aromatic carbocycles. The summed E-state index contributed by atoms with van der Waals surface area (Å²) in [5.41, 5.74) is 1.64. The van der Waals surface area contributed by atoms with E-state index in [9.17, 15) is 14.0 Å². The summed E-state index contributed by atoms with van der Waals surface area (Å²) < 4.78 is 30.1. The highest BCUT2D eigenvalue weighted by atomic mass is 32.2. The Bertz CT molecular complexity index is 1270. The van der Waals surface area contributed by atoms with E-state index in [2.05, 4.69) is 15.0 Å². The van der Waals surface area contributed by atoms with Gasteiger partial charge in [-0.2, -0.15) is 0 Å². The summed E-state index contributed by atoms with van der Waals surface area (Å²) in [5.74, 6) is 0.160. The molecular weight excluding hydrogens is 461 g/mol. The molecule has 0 saturated carbocycles. The number of rotatable bonds is 3. The molecule has 2 aliphatic heterocycles. The predicted octanol–water partition coefficient (Wildman–Crippen LogP) is 3.15. The van der Waals surface area contributed by atoms with E-state index in [0.29, 0.717) is 53.8 Å². The summed E-state index contributed by atoms with van der Waals surface area (Å²) in [4.78, 5) is 32.5. The Morgan fingerprint density at radius 3 is 2.85 bits per heavy atom. The first kappa shape index (κ1) is 22.5. The number of aryl methyl sites for hydroxylation is 3. The maximum atomic E-state index is 13.6. The fraction of sp³-hybridized carbons (Fsp3) is 0.348. The lowest BCUT2D eigenvalue weighted by atomic mass is 10.1. The van der Waals surface area contributed by atoms with E-state index in [4.69, 9.17) is 9.15 Å². The van der Waals surface area contributed by atoms with Gasteiger partial charge >= 0.3 is 0 Å². The number of aromatic nitrogens is 2. The van der Waals surface area contributed by atoms with Gasteiger partial charge in [-0.05, 0) is 49.6 Å². The molecule has 9 nitrogen and oxygen atoms in total. The monoisotopic (exact) mass is 485 g/mol. The fourth-order valence-electron chi connectivity index (χ4n) is 4.29. The fourth-order valence-corrected chi connectivity index (χ4v) is 5.30. The molecule has 0 unspecified atom stereocenters. The first-order chi connectivity index (χ1) is 16.3. The lowest BCUT2D eigenvalue weighted by Crippen LogP contribution is -2.36. The maximum absolute atomic E-state index is 13.6. The van der Waals surface area contributed by atoms with E-state index < -0.39 is 0 Å². The number of halogens is 1. The number of carbonyl (C=O) groups is 2. The maximum Gasteiger partial charge on any atom is 0.276 e. The molecule has 0 bridgehead atoms. The number of amides is 2. The number of nitrogens with zero attached hydrogens (tertiary/aromatic N) is 3. The van der Waals surface area contributed by atoms with Crippen LogP contribution in [0.4, 0.5) is 10.1 Å². The number of fused-ring (bicyclic) bond motifs is 2. The smallest absolute Gasteiger partial charge is 0.276 e. The van der Waals surface area contributed by atoms with E-state index in [1.54, 1.807) is 36.4 Å². The van der Waals surface area contributed by atoms with E-state index >= 15 is 0 Å². The number of likely N-dealkylation sites (tertiary alicyclic amines) is 1. The van der Waals surface area contributed by atoms with Gasteiger partial charge in [0.05, 0.1) is 11.5 Å². The molecular formula is C23H24FN5O4S. The Balaban J connectivity index is 1.32. The van der Waals surface area contributed by atoms with Crippen LogP contribution in [0.5, 0.6) is 5.75 Å². The molecule has 3 aromatic rings. The number of benzene rings is 1. The Morgan fingerprint density at radius 1 is 1.29 bits per heavy atom. The average molecular weight is 486 g/mol. The zero-order valence-corrected chi connectivity index (χ0v) is 19.7. The van der Waals surface area contributed by atoms with E-state index in [1.165, 1.54) is 30.5 Å². The van der Waals surface area contributed by atoms with Gasteiger partial charge < -0.3 is 23.9 Å². The van der Waals surface area contributed by atoms with Crippen molar-refractivity contribution >= 4 is 29.4 Å². The van der Waals surface area contributed by atoms with Crippen LogP contribution in [0.3, 0.4) is 0 Å². The topological polar surface area (TPSA) is 102 Å². The van der Waals surface area contributed by atoms with Crippen molar-refractivity contribution in [1.29, 1.82) is 0 Å². The third kappa shape index (κ3) is 4.05. The lowest BCUT2D eigenvalue weighted by molar-refractivity contribution is 0.0775. The highest BCUT2D eigenvalue weighted by Gasteiger charge is 2.39. The van der Waals surface area contributed by atoms with Gasteiger partial charge in [0, 0.05) is 44.0 Å². The molecule has 4 heterocycles. The molecule has 2 amide bonds. The minimum atomic E-state index is -0.350. The second-order valence-corrected chi connectivity index (χ2v) is 9.44. The van der Waals surface area contributed by atoms with Crippen molar-refractivity contribution in [3.05, 3.63) is 59.3 Å². The van der Waals surface area contributed by atoms with Crippen LogP contribution in [-0.4, -0.2) is 52.0 Å². The molecule has 11 heteroatoms. The minimum Gasteiger partial charge on any atom is -0.489 e. The van der Waals surface area contributed by atoms with Crippen LogP contribution in [0.15, 0.2) is 40.1 Å². The Morgan fingerprint density at radius 2 is 2.12 bits per heavy atom. The van der Waals surface area contributed by atoms with Gasteiger partial charge in [-0.3, -0.25) is 14.3 Å². The Kier molecular flexibility index (Phi) is 5.82. The summed E-state index contributed by atoms with van der Waals surface area (Å²) in [6.07, 6.45) is 3.10. The molecule has 5 rings (SSSR count). The van der Waals surface area contributed by atoms with Crippen LogP contribution in [0.25, 0.3) is 0 Å². The number of anilines is 1. The van der Waals surface area contributed by atoms with E-state index in [-0.39, 0.29) is 29.6 Å². The number of oxazole rings is 1. The molecule has 2 aliphatic rings. The third-order valence-corrected chi connectivity index (χ3v) is 7.10. The van der Waals surface area contributed by atoms with Crippen molar-refractivity contribution in [2.24, 2.45) is 13.0 Å².